The van der Waals surface area contributed by atoms with Gasteiger partial charge in [0.2, 0.25) is 5.62 Å². The van der Waals surface area contributed by atoms with Crippen LogP contribution in [0.3, 0.4) is 0 Å². The second-order valence-electron chi connectivity index (χ2n) is 11.4. The van der Waals surface area contributed by atoms with Gasteiger partial charge in [-0.1, -0.05) is 23.8 Å². The van der Waals surface area contributed by atoms with Gasteiger partial charge in [0, 0.05) is 39.3 Å². The number of benzene rings is 2. The van der Waals surface area contributed by atoms with Crippen LogP contribution in [0.5, 0.6) is 0 Å². The molecule has 190 valence electrons. The third-order valence-electron chi connectivity index (χ3n) is 5.90. The first kappa shape index (κ1) is 26.7. The first-order valence-electron chi connectivity index (χ1n) is 12.0. The van der Waals surface area contributed by atoms with Crippen molar-refractivity contribution in [2.24, 2.45) is 15.4 Å². The summed E-state index contributed by atoms with van der Waals surface area (Å²) in [4.78, 5) is 4.27. The van der Waals surface area contributed by atoms with E-state index in [1.807, 2.05) is 12.1 Å². The molecule has 0 N–H and O–H groups in total. The summed E-state index contributed by atoms with van der Waals surface area (Å²) in [5, 5.41) is 22.3. The minimum atomic E-state index is -0.258. The fraction of sp³-hybridized carbons (Fsp3) is 0.429. The van der Waals surface area contributed by atoms with Crippen LogP contribution in [0.2, 0.25) is 0 Å². The summed E-state index contributed by atoms with van der Waals surface area (Å²) in [6.45, 7) is 16.8. The molecule has 3 aromatic rings. The van der Waals surface area contributed by atoms with Gasteiger partial charge in [0.15, 0.2) is 0 Å². The molecule has 2 aromatic carbocycles. The molecular weight excluding hydrogens is 448 g/mol. The average Bonchev–Trinajstić information content (AvgIpc) is 3.11. The van der Waals surface area contributed by atoms with Crippen molar-refractivity contribution in [3.8, 4) is 6.07 Å². The summed E-state index contributed by atoms with van der Waals surface area (Å²) in [5.74, 6) is 0. The van der Waals surface area contributed by atoms with Crippen LogP contribution < -0.4 is 15.4 Å². The van der Waals surface area contributed by atoms with Gasteiger partial charge < -0.3 is 18.9 Å². The van der Waals surface area contributed by atoms with E-state index in [0.717, 1.165) is 33.6 Å². The van der Waals surface area contributed by atoms with E-state index in [1.165, 1.54) is 0 Å². The Morgan fingerprint density at radius 1 is 0.833 bits per heavy atom. The maximum Gasteiger partial charge on any atom is 0.233 e. The van der Waals surface area contributed by atoms with Gasteiger partial charge in [0.05, 0.1) is 39.7 Å². The summed E-state index contributed by atoms with van der Waals surface area (Å²) in [5.41, 5.74) is 6.46. The highest BCUT2D eigenvalue weighted by Gasteiger charge is 2.28. The molecule has 0 aliphatic carbocycles. The number of allylic oxidation sites excluding steroid dienone is 1. The van der Waals surface area contributed by atoms with Crippen LogP contribution in [0.4, 0.5) is 17.1 Å². The van der Waals surface area contributed by atoms with E-state index < -0.39 is 0 Å². The summed E-state index contributed by atoms with van der Waals surface area (Å²) < 4.78 is 4.47. The van der Waals surface area contributed by atoms with Crippen molar-refractivity contribution in [3.05, 3.63) is 54.2 Å². The van der Waals surface area contributed by atoms with Gasteiger partial charge in [-0.25, -0.2) is 0 Å². The van der Waals surface area contributed by atoms with Crippen LogP contribution >= 0.6 is 0 Å². The molecule has 0 aliphatic heterocycles. The Bertz CT molecular complexity index is 1340. The number of aromatic nitrogens is 2. The molecular formula is C28H38N8. The Morgan fingerprint density at radius 3 is 1.64 bits per heavy atom. The zero-order valence-electron chi connectivity index (χ0n) is 23.2. The van der Waals surface area contributed by atoms with Crippen LogP contribution in [0.1, 0.15) is 47.1 Å². The summed E-state index contributed by atoms with van der Waals surface area (Å²) in [6.07, 6.45) is 0. The molecule has 1 heterocycles. The SMILES string of the molecule is C=C(C#N)c1ccc(N=NN=c2n(C(C)(C)C)c3cc(N(C)C)c(N(C)C)cc3n2C(C)(C)C)cc1. The van der Waals surface area contributed by atoms with Gasteiger partial charge in [0.1, 0.15) is 0 Å². The summed E-state index contributed by atoms with van der Waals surface area (Å²) >= 11 is 0. The average molecular weight is 487 g/mol. The van der Waals surface area contributed by atoms with Crippen LogP contribution in [0, 0.1) is 11.3 Å². The quantitative estimate of drug-likeness (QED) is 0.244. The number of imidazole rings is 1. The molecule has 0 amide bonds. The number of nitriles is 1. The van der Waals surface area contributed by atoms with E-state index in [4.69, 9.17) is 5.26 Å². The zero-order valence-corrected chi connectivity index (χ0v) is 23.2. The fourth-order valence-electron chi connectivity index (χ4n) is 4.26. The maximum atomic E-state index is 9.05. The number of rotatable bonds is 5. The van der Waals surface area contributed by atoms with Crippen LogP contribution in [-0.2, 0) is 11.1 Å². The van der Waals surface area contributed by atoms with Gasteiger partial charge in [-0.2, -0.15) is 5.26 Å². The van der Waals surface area contributed by atoms with Crippen molar-refractivity contribution < 1.29 is 0 Å². The molecule has 0 atom stereocenters. The van der Waals surface area contributed by atoms with Crippen LogP contribution in [-0.4, -0.2) is 37.3 Å². The summed E-state index contributed by atoms with van der Waals surface area (Å²) in [7, 11) is 8.25. The predicted molar refractivity (Wildman–Crippen MR) is 150 cm³/mol. The van der Waals surface area contributed by atoms with E-state index in [0.29, 0.717) is 11.3 Å². The zero-order chi connectivity index (χ0) is 27.0. The van der Waals surface area contributed by atoms with Crippen LogP contribution in [0.25, 0.3) is 16.6 Å². The Labute approximate surface area is 214 Å². The fourth-order valence-corrected chi connectivity index (χ4v) is 4.26. The first-order chi connectivity index (χ1) is 16.7. The molecule has 0 fully saturated rings. The highest BCUT2D eigenvalue weighted by Crippen LogP contribution is 2.35. The minimum absolute atomic E-state index is 0.258. The largest absolute Gasteiger partial charge is 0.376 e. The van der Waals surface area contributed by atoms with Crippen molar-refractivity contribution in [1.29, 1.82) is 5.26 Å². The molecule has 0 unspecified atom stereocenters. The maximum absolute atomic E-state index is 9.05. The number of fused-ring (bicyclic) bond motifs is 1. The lowest BCUT2D eigenvalue weighted by atomic mass is 10.1. The van der Waals surface area contributed by atoms with Crippen molar-refractivity contribution in [3.63, 3.8) is 0 Å². The van der Waals surface area contributed by atoms with E-state index in [9.17, 15) is 0 Å². The number of nitrogens with zero attached hydrogens (tertiary/aromatic N) is 8. The third kappa shape index (κ3) is 5.20. The molecule has 36 heavy (non-hydrogen) atoms. The number of hydrogen-bond donors (Lipinski definition) is 0. The lowest BCUT2D eigenvalue weighted by Gasteiger charge is -2.25. The topological polar surface area (TPSA) is 77.2 Å². The first-order valence-corrected chi connectivity index (χ1v) is 12.0. The lowest BCUT2D eigenvalue weighted by molar-refractivity contribution is 0.342. The minimum Gasteiger partial charge on any atom is -0.376 e. The van der Waals surface area contributed by atoms with E-state index in [2.05, 4.69) is 129 Å². The second kappa shape index (κ2) is 9.65. The standard InChI is InChI=1S/C28H38N8/c1-19(18-29)20-12-14-21(15-13-20)30-32-31-26-35(27(2,3)4)24-16-22(33(8)9)23(34(10)11)17-25(24)36(26)28(5,6)7/h12-17H,1H2,2-11H3. The van der Waals surface area contributed by atoms with Gasteiger partial charge >= 0.3 is 0 Å². The van der Waals surface area contributed by atoms with Crippen molar-refractivity contribution in [2.75, 3.05) is 38.0 Å². The number of hydrogen-bond acceptors (Lipinski definition) is 5. The van der Waals surface area contributed by atoms with Crippen LogP contribution in [0.15, 0.2) is 58.4 Å². The highest BCUT2D eigenvalue weighted by atomic mass is 15.4. The normalized spacial score (nSPS) is 12.1. The molecule has 0 bridgehead atoms. The molecule has 1 aromatic heterocycles. The highest BCUT2D eigenvalue weighted by molar-refractivity contribution is 5.89. The second-order valence-corrected chi connectivity index (χ2v) is 11.4. The molecule has 3 rings (SSSR count). The Morgan fingerprint density at radius 2 is 1.28 bits per heavy atom. The monoisotopic (exact) mass is 486 g/mol. The molecule has 8 nitrogen and oxygen atoms in total. The predicted octanol–water partition coefficient (Wildman–Crippen LogP) is 6.22. The molecule has 0 spiro atoms. The molecule has 0 saturated carbocycles. The summed E-state index contributed by atoms with van der Waals surface area (Å²) in [6, 6.07) is 13.8. The van der Waals surface area contributed by atoms with Crippen molar-refractivity contribution in [1.82, 2.24) is 9.13 Å². The smallest absolute Gasteiger partial charge is 0.233 e. The lowest BCUT2D eigenvalue weighted by Crippen LogP contribution is -2.40. The van der Waals surface area contributed by atoms with E-state index >= 15 is 0 Å². The van der Waals surface area contributed by atoms with Gasteiger partial charge in [0.25, 0.3) is 0 Å². The van der Waals surface area contributed by atoms with Gasteiger partial charge in [-0.05, 0) is 76.6 Å². The third-order valence-corrected chi connectivity index (χ3v) is 5.90. The number of anilines is 2. The van der Waals surface area contributed by atoms with E-state index in [-0.39, 0.29) is 11.1 Å². The van der Waals surface area contributed by atoms with Gasteiger partial charge in [-0.15, -0.1) is 5.11 Å². The van der Waals surface area contributed by atoms with E-state index in [1.54, 1.807) is 12.1 Å². The molecule has 8 heteroatoms. The molecule has 0 radical (unpaired) electrons. The molecule has 0 aliphatic rings. The Kier molecular flexibility index (Phi) is 7.17. The van der Waals surface area contributed by atoms with Gasteiger partial charge in [-0.3, -0.25) is 0 Å². The Balaban J connectivity index is 2.33. The van der Waals surface area contributed by atoms with Crippen molar-refractivity contribution in [2.45, 2.75) is 52.6 Å². The Hall–Kier alpha value is -3.86. The molecule has 0 saturated heterocycles. The van der Waals surface area contributed by atoms with Crippen molar-refractivity contribution >= 4 is 33.7 Å².